The van der Waals surface area contributed by atoms with Gasteiger partial charge in [-0.05, 0) is 30.7 Å². The van der Waals surface area contributed by atoms with E-state index < -0.39 is 0 Å². The lowest BCUT2D eigenvalue weighted by Crippen LogP contribution is -2.38. The summed E-state index contributed by atoms with van der Waals surface area (Å²) >= 11 is 0. The van der Waals surface area contributed by atoms with Crippen molar-refractivity contribution in [2.24, 2.45) is 7.05 Å². The molecular formula is C21H24N6O3. The Morgan fingerprint density at radius 3 is 2.77 bits per heavy atom. The topological polar surface area (TPSA) is 94.3 Å². The first kappa shape index (κ1) is 19.7. The molecule has 0 saturated carbocycles. The maximum absolute atomic E-state index is 12.3. The number of aromatic nitrogens is 4. The minimum Gasteiger partial charge on any atom is -0.492 e. The lowest BCUT2D eigenvalue weighted by atomic mass is 10.2. The number of nitrogens with one attached hydrogen (secondary N) is 1. The van der Waals surface area contributed by atoms with Crippen LogP contribution < -0.4 is 20.5 Å². The second kappa shape index (κ2) is 8.81. The summed E-state index contributed by atoms with van der Waals surface area (Å²) in [7, 11) is 1.78. The first-order valence-corrected chi connectivity index (χ1v) is 9.90. The fourth-order valence-electron chi connectivity index (χ4n) is 3.42. The normalized spacial score (nSPS) is 15.9. The smallest absolute Gasteiger partial charge is 0.272 e. The molecule has 9 heteroatoms. The molecule has 1 unspecified atom stereocenters. The number of nitrogens with zero attached hydrogens (tertiary/aromatic N) is 5. The highest BCUT2D eigenvalue weighted by Gasteiger charge is 2.26. The van der Waals surface area contributed by atoms with E-state index in [1.165, 1.54) is 10.7 Å². The predicted octanol–water partition coefficient (Wildman–Crippen LogP) is 1.06. The zero-order valence-corrected chi connectivity index (χ0v) is 16.8. The molecule has 1 aliphatic rings. The van der Waals surface area contributed by atoms with E-state index in [2.05, 4.69) is 20.4 Å². The van der Waals surface area contributed by atoms with Crippen molar-refractivity contribution >= 4 is 11.7 Å². The maximum atomic E-state index is 12.3. The predicted molar refractivity (Wildman–Crippen MR) is 112 cm³/mol. The molecule has 1 aliphatic heterocycles. The van der Waals surface area contributed by atoms with Crippen LogP contribution in [0.4, 0.5) is 5.82 Å². The van der Waals surface area contributed by atoms with Crippen LogP contribution in [0.3, 0.4) is 0 Å². The Hall–Kier alpha value is -3.62. The molecule has 2 aromatic heterocycles. The number of carbonyl (C=O) groups excluding carboxylic acids is 1. The van der Waals surface area contributed by atoms with Crippen molar-refractivity contribution in [1.29, 1.82) is 0 Å². The molecule has 1 fully saturated rings. The highest BCUT2D eigenvalue weighted by Crippen LogP contribution is 2.17. The van der Waals surface area contributed by atoms with E-state index in [4.69, 9.17) is 4.74 Å². The zero-order chi connectivity index (χ0) is 20.9. The lowest BCUT2D eigenvalue weighted by molar-refractivity contribution is 0.0934. The molecule has 0 radical (unpaired) electrons. The number of amides is 1. The number of rotatable bonds is 7. The summed E-state index contributed by atoms with van der Waals surface area (Å²) in [6.07, 6.45) is 2.54. The third-order valence-corrected chi connectivity index (χ3v) is 4.96. The Labute approximate surface area is 173 Å². The monoisotopic (exact) mass is 408 g/mol. The average Bonchev–Trinajstić information content (AvgIpc) is 3.39. The van der Waals surface area contributed by atoms with Gasteiger partial charge in [-0.3, -0.25) is 14.3 Å². The number of hydrogen-bond acceptors (Lipinski definition) is 6. The summed E-state index contributed by atoms with van der Waals surface area (Å²) in [5, 5.41) is 11.6. The van der Waals surface area contributed by atoms with E-state index in [9.17, 15) is 9.59 Å². The molecule has 9 nitrogen and oxygen atoms in total. The highest BCUT2D eigenvalue weighted by molar-refractivity contribution is 5.92. The highest BCUT2D eigenvalue weighted by atomic mass is 16.5. The lowest BCUT2D eigenvalue weighted by Gasteiger charge is -2.18. The van der Waals surface area contributed by atoms with E-state index in [1.807, 2.05) is 30.3 Å². The standard InChI is InChI=1S/C21H24N6O3/c1-25-11-10-18(23-25)21(29)22-16-9-12-26(15-16)19-7-8-20(28)27(24-19)13-14-30-17-5-3-2-4-6-17/h2-8,10-11,16H,9,12-15H2,1H3,(H,22,29). The maximum Gasteiger partial charge on any atom is 0.272 e. The second-order valence-corrected chi connectivity index (χ2v) is 7.19. The summed E-state index contributed by atoms with van der Waals surface area (Å²) < 4.78 is 8.68. The van der Waals surface area contributed by atoms with Crippen LogP contribution in [-0.2, 0) is 13.6 Å². The quantitative estimate of drug-likeness (QED) is 0.628. The van der Waals surface area contributed by atoms with Gasteiger partial charge in [0.05, 0.1) is 6.54 Å². The molecule has 1 saturated heterocycles. The zero-order valence-electron chi connectivity index (χ0n) is 16.8. The van der Waals surface area contributed by atoms with Gasteiger partial charge in [-0.15, -0.1) is 0 Å². The van der Waals surface area contributed by atoms with E-state index in [0.29, 0.717) is 31.2 Å². The Morgan fingerprint density at radius 2 is 2.00 bits per heavy atom. The van der Waals surface area contributed by atoms with Gasteiger partial charge in [0.1, 0.15) is 23.9 Å². The van der Waals surface area contributed by atoms with Gasteiger partial charge in [-0.25, -0.2) is 4.68 Å². The molecule has 0 spiro atoms. The minimum atomic E-state index is -0.182. The number of para-hydroxylation sites is 1. The summed E-state index contributed by atoms with van der Waals surface area (Å²) in [6, 6.07) is 14.4. The van der Waals surface area contributed by atoms with E-state index in [0.717, 1.165) is 18.7 Å². The van der Waals surface area contributed by atoms with Gasteiger partial charge in [-0.1, -0.05) is 18.2 Å². The van der Waals surface area contributed by atoms with E-state index >= 15 is 0 Å². The first-order valence-electron chi connectivity index (χ1n) is 9.90. The van der Waals surface area contributed by atoms with Crippen molar-refractivity contribution in [2.45, 2.75) is 19.0 Å². The number of anilines is 1. The van der Waals surface area contributed by atoms with Crippen LogP contribution in [0.15, 0.2) is 59.5 Å². The number of hydrogen-bond donors (Lipinski definition) is 1. The summed E-state index contributed by atoms with van der Waals surface area (Å²) in [5.74, 6) is 1.29. The fraction of sp³-hybridized carbons (Fsp3) is 0.333. The molecule has 3 aromatic rings. The van der Waals surface area contributed by atoms with Gasteiger partial charge in [0, 0.05) is 38.4 Å². The molecule has 0 aliphatic carbocycles. The summed E-state index contributed by atoms with van der Waals surface area (Å²) in [5.41, 5.74) is 0.232. The van der Waals surface area contributed by atoms with E-state index in [1.54, 1.807) is 30.1 Å². The van der Waals surface area contributed by atoms with Crippen molar-refractivity contribution in [3.05, 3.63) is 70.8 Å². The third-order valence-electron chi connectivity index (χ3n) is 4.96. The number of aryl methyl sites for hydroxylation is 1. The van der Waals surface area contributed by atoms with Gasteiger partial charge in [-0.2, -0.15) is 10.2 Å². The van der Waals surface area contributed by atoms with Crippen LogP contribution in [0.5, 0.6) is 5.75 Å². The van der Waals surface area contributed by atoms with Gasteiger partial charge >= 0.3 is 0 Å². The van der Waals surface area contributed by atoms with Crippen LogP contribution in [0.1, 0.15) is 16.9 Å². The molecule has 0 bridgehead atoms. The molecule has 4 rings (SSSR count). The van der Waals surface area contributed by atoms with Crippen molar-refractivity contribution in [3.8, 4) is 5.75 Å². The van der Waals surface area contributed by atoms with Crippen molar-refractivity contribution < 1.29 is 9.53 Å². The van der Waals surface area contributed by atoms with Crippen LogP contribution in [0.25, 0.3) is 0 Å². The molecule has 30 heavy (non-hydrogen) atoms. The van der Waals surface area contributed by atoms with Gasteiger partial charge < -0.3 is 15.0 Å². The Bertz CT molecular complexity index is 1060. The Balaban J connectivity index is 1.34. The molecule has 1 N–H and O–H groups in total. The summed E-state index contributed by atoms with van der Waals surface area (Å²) in [6.45, 7) is 2.08. The number of ether oxygens (including phenoxy) is 1. The van der Waals surface area contributed by atoms with Gasteiger partial charge in [0.2, 0.25) is 0 Å². The van der Waals surface area contributed by atoms with Gasteiger partial charge in [0.15, 0.2) is 0 Å². The number of carbonyl (C=O) groups is 1. The second-order valence-electron chi connectivity index (χ2n) is 7.19. The average molecular weight is 408 g/mol. The molecular weight excluding hydrogens is 384 g/mol. The Morgan fingerprint density at radius 1 is 1.17 bits per heavy atom. The van der Waals surface area contributed by atoms with Crippen LogP contribution in [-0.4, -0.2) is 51.2 Å². The third kappa shape index (κ3) is 4.68. The molecule has 1 aromatic carbocycles. The molecule has 3 heterocycles. The van der Waals surface area contributed by atoms with Crippen LogP contribution in [0, 0.1) is 0 Å². The number of benzene rings is 1. The molecule has 1 atom stereocenters. The molecule has 1 amide bonds. The van der Waals surface area contributed by atoms with Crippen molar-refractivity contribution in [2.75, 3.05) is 24.6 Å². The minimum absolute atomic E-state index is 0.00287. The fourth-order valence-corrected chi connectivity index (χ4v) is 3.42. The largest absolute Gasteiger partial charge is 0.492 e. The van der Waals surface area contributed by atoms with Crippen LogP contribution in [0.2, 0.25) is 0 Å². The van der Waals surface area contributed by atoms with Gasteiger partial charge in [0.25, 0.3) is 11.5 Å². The Kier molecular flexibility index (Phi) is 5.78. The SMILES string of the molecule is Cn1ccc(C(=O)NC2CCN(c3ccc(=O)n(CCOc4ccccc4)n3)C2)n1. The van der Waals surface area contributed by atoms with Crippen LogP contribution >= 0.6 is 0 Å². The van der Waals surface area contributed by atoms with Crippen molar-refractivity contribution in [3.63, 3.8) is 0 Å². The molecule has 156 valence electrons. The first-order chi connectivity index (χ1) is 14.6. The summed E-state index contributed by atoms with van der Waals surface area (Å²) in [4.78, 5) is 26.5. The van der Waals surface area contributed by atoms with Crippen molar-refractivity contribution in [1.82, 2.24) is 24.9 Å². The van der Waals surface area contributed by atoms with E-state index in [-0.39, 0.29) is 17.5 Å².